The van der Waals surface area contributed by atoms with E-state index in [1.165, 1.54) is 5.56 Å². The molecule has 2 rings (SSSR count). The van der Waals surface area contributed by atoms with Gasteiger partial charge in [-0.3, -0.25) is 4.79 Å². The standard InChI is InChI=1S/C16H17NO2/c1-12(16(18)19)17-11-13-7-9-15(10-8-13)14-5-3-2-4-6-14/h2-10,12,17H,11H2,1H3,(H,18,19)/t12-/m0/s1. The first kappa shape index (κ1) is 13.3. The monoisotopic (exact) mass is 255 g/mol. The molecule has 0 saturated carbocycles. The molecule has 1 atom stereocenters. The molecule has 3 nitrogen and oxygen atoms in total. The first-order valence-corrected chi connectivity index (χ1v) is 6.27. The van der Waals surface area contributed by atoms with E-state index in [4.69, 9.17) is 5.11 Å². The molecule has 0 saturated heterocycles. The van der Waals surface area contributed by atoms with Crippen molar-refractivity contribution in [2.75, 3.05) is 0 Å². The molecule has 98 valence electrons. The number of nitrogens with one attached hydrogen (secondary N) is 1. The van der Waals surface area contributed by atoms with Gasteiger partial charge in [-0.2, -0.15) is 0 Å². The van der Waals surface area contributed by atoms with E-state index in [2.05, 4.69) is 29.6 Å². The minimum atomic E-state index is -0.832. The number of hydrogen-bond acceptors (Lipinski definition) is 2. The second kappa shape index (κ2) is 6.16. The molecule has 0 amide bonds. The lowest BCUT2D eigenvalue weighted by Gasteiger charge is -2.09. The average Bonchev–Trinajstić information content (AvgIpc) is 2.46. The van der Waals surface area contributed by atoms with E-state index in [-0.39, 0.29) is 0 Å². The van der Waals surface area contributed by atoms with Crippen molar-refractivity contribution in [2.45, 2.75) is 19.5 Å². The highest BCUT2D eigenvalue weighted by molar-refractivity contribution is 5.72. The molecule has 0 aliphatic heterocycles. The number of carboxylic acid groups (broad SMARTS) is 1. The van der Waals surface area contributed by atoms with Gasteiger partial charge in [-0.1, -0.05) is 54.6 Å². The predicted octanol–water partition coefficient (Wildman–Crippen LogP) is 2.92. The van der Waals surface area contributed by atoms with E-state index < -0.39 is 12.0 Å². The number of benzene rings is 2. The minimum absolute atomic E-state index is 0.534. The van der Waals surface area contributed by atoms with Crippen LogP contribution < -0.4 is 5.32 Å². The van der Waals surface area contributed by atoms with Crippen molar-refractivity contribution in [2.24, 2.45) is 0 Å². The SMILES string of the molecule is C[C@H](NCc1ccc(-c2ccccc2)cc1)C(=O)O. The van der Waals surface area contributed by atoms with E-state index in [0.717, 1.165) is 11.1 Å². The average molecular weight is 255 g/mol. The van der Waals surface area contributed by atoms with Crippen molar-refractivity contribution < 1.29 is 9.90 Å². The summed E-state index contributed by atoms with van der Waals surface area (Å²) < 4.78 is 0. The summed E-state index contributed by atoms with van der Waals surface area (Å²) in [6.45, 7) is 2.20. The summed E-state index contributed by atoms with van der Waals surface area (Å²) in [4.78, 5) is 10.7. The van der Waals surface area contributed by atoms with Crippen LogP contribution in [-0.2, 0) is 11.3 Å². The molecule has 2 aromatic rings. The van der Waals surface area contributed by atoms with Crippen LogP contribution in [0.25, 0.3) is 11.1 Å². The van der Waals surface area contributed by atoms with Crippen LogP contribution in [0.4, 0.5) is 0 Å². The van der Waals surface area contributed by atoms with Gasteiger partial charge >= 0.3 is 5.97 Å². The van der Waals surface area contributed by atoms with Gasteiger partial charge in [0.2, 0.25) is 0 Å². The van der Waals surface area contributed by atoms with Gasteiger partial charge in [0.25, 0.3) is 0 Å². The zero-order chi connectivity index (χ0) is 13.7. The van der Waals surface area contributed by atoms with Crippen LogP contribution in [0.15, 0.2) is 54.6 Å². The van der Waals surface area contributed by atoms with E-state index in [1.54, 1.807) is 6.92 Å². The highest BCUT2D eigenvalue weighted by Crippen LogP contribution is 2.19. The molecule has 2 N–H and O–H groups in total. The van der Waals surface area contributed by atoms with Gasteiger partial charge in [-0.05, 0) is 23.6 Å². The topological polar surface area (TPSA) is 49.3 Å². The quantitative estimate of drug-likeness (QED) is 0.863. The molecule has 2 aromatic carbocycles. The molecule has 3 heteroatoms. The van der Waals surface area contributed by atoms with Crippen LogP contribution in [0.3, 0.4) is 0 Å². The molecule has 0 bridgehead atoms. The fraction of sp³-hybridized carbons (Fsp3) is 0.188. The molecular formula is C16H17NO2. The molecule has 0 fully saturated rings. The van der Waals surface area contributed by atoms with Gasteiger partial charge in [0.15, 0.2) is 0 Å². The van der Waals surface area contributed by atoms with Crippen molar-refractivity contribution >= 4 is 5.97 Å². The minimum Gasteiger partial charge on any atom is -0.480 e. The molecule has 0 unspecified atom stereocenters. The van der Waals surface area contributed by atoms with Crippen LogP contribution in [-0.4, -0.2) is 17.1 Å². The Hall–Kier alpha value is -2.13. The van der Waals surface area contributed by atoms with Crippen LogP contribution >= 0.6 is 0 Å². The Kier molecular flexibility index (Phi) is 4.31. The van der Waals surface area contributed by atoms with E-state index in [0.29, 0.717) is 6.54 Å². The maximum atomic E-state index is 10.7. The second-order valence-corrected chi connectivity index (χ2v) is 4.50. The third-order valence-electron chi connectivity index (χ3n) is 3.04. The molecule has 0 radical (unpaired) electrons. The summed E-state index contributed by atoms with van der Waals surface area (Å²) >= 11 is 0. The third kappa shape index (κ3) is 3.66. The lowest BCUT2D eigenvalue weighted by molar-refractivity contribution is -0.139. The molecule has 0 heterocycles. The van der Waals surface area contributed by atoms with Crippen molar-refractivity contribution in [3.63, 3.8) is 0 Å². The Morgan fingerprint density at radius 3 is 2.21 bits per heavy atom. The van der Waals surface area contributed by atoms with E-state index in [9.17, 15) is 4.79 Å². The molecular weight excluding hydrogens is 238 g/mol. The second-order valence-electron chi connectivity index (χ2n) is 4.50. The molecule has 0 aliphatic rings. The van der Waals surface area contributed by atoms with Gasteiger partial charge in [0.1, 0.15) is 6.04 Å². The van der Waals surface area contributed by atoms with Gasteiger partial charge in [0, 0.05) is 6.54 Å². The number of hydrogen-bond donors (Lipinski definition) is 2. The predicted molar refractivity (Wildman–Crippen MR) is 75.8 cm³/mol. The van der Waals surface area contributed by atoms with E-state index >= 15 is 0 Å². The first-order chi connectivity index (χ1) is 9.16. The smallest absolute Gasteiger partial charge is 0.320 e. The van der Waals surface area contributed by atoms with Gasteiger partial charge < -0.3 is 10.4 Å². The Labute approximate surface area is 112 Å². The van der Waals surface area contributed by atoms with Gasteiger partial charge in [0.05, 0.1) is 0 Å². The summed E-state index contributed by atoms with van der Waals surface area (Å²) in [5.74, 6) is -0.832. The molecule has 0 aliphatic carbocycles. The van der Waals surface area contributed by atoms with Crippen LogP contribution in [0.2, 0.25) is 0 Å². The van der Waals surface area contributed by atoms with Crippen LogP contribution in [0.1, 0.15) is 12.5 Å². The van der Waals surface area contributed by atoms with Crippen molar-refractivity contribution in [3.05, 3.63) is 60.2 Å². The maximum absolute atomic E-state index is 10.7. The maximum Gasteiger partial charge on any atom is 0.320 e. The summed E-state index contributed by atoms with van der Waals surface area (Å²) in [6.07, 6.45) is 0. The highest BCUT2D eigenvalue weighted by atomic mass is 16.4. The van der Waals surface area contributed by atoms with Crippen LogP contribution in [0, 0.1) is 0 Å². The van der Waals surface area contributed by atoms with Crippen molar-refractivity contribution in [3.8, 4) is 11.1 Å². The fourth-order valence-corrected chi connectivity index (χ4v) is 1.80. The fourth-order valence-electron chi connectivity index (χ4n) is 1.80. The Morgan fingerprint density at radius 2 is 1.63 bits per heavy atom. The van der Waals surface area contributed by atoms with Gasteiger partial charge in [-0.25, -0.2) is 0 Å². The largest absolute Gasteiger partial charge is 0.480 e. The van der Waals surface area contributed by atoms with E-state index in [1.807, 2.05) is 30.3 Å². The number of aliphatic carboxylic acids is 1. The molecule has 19 heavy (non-hydrogen) atoms. The number of carbonyl (C=O) groups is 1. The molecule has 0 spiro atoms. The van der Waals surface area contributed by atoms with Crippen molar-refractivity contribution in [1.82, 2.24) is 5.32 Å². The highest BCUT2D eigenvalue weighted by Gasteiger charge is 2.08. The summed E-state index contributed by atoms with van der Waals surface area (Å²) in [5.41, 5.74) is 3.42. The Morgan fingerprint density at radius 1 is 1.05 bits per heavy atom. The van der Waals surface area contributed by atoms with Crippen LogP contribution in [0.5, 0.6) is 0 Å². The zero-order valence-electron chi connectivity index (χ0n) is 10.8. The lowest BCUT2D eigenvalue weighted by Crippen LogP contribution is -2.33. The summed E-state index contributed by atoms with van der Waals surface area (Å²) in [5, 5.41) is 11.7. The lowest BCUT2D eigenvalue weighted by atomic mass is 10.0. The van der Waals surface area contributed by atoms with Gasteiger partial charge in [-0.15, -0.1) is 0 Å². The normalized spacial score (nSPS) is 12.1. The first-order valence-electron chi connectivity index (χ1n) is 6.27. The summed E-state index contributed by atoms with van der Waals surface area (Å²) in [7, 11) is 0. The Bertz CT molecular complexity index is 534. The third-order valence-corrected chi connectivity index (χ3v) is 3.04. The summed E-state index contributed by atoms with van der Waals surface area (Å²) in [6, 6.07) is 17.8. The molecule has 0 aromatic heterocycles. The number of carboxylic acids is 1. The zero-order valence-corrected chi connectivity index (χ0v) is 10.8. The Balaban J connectivity index is 2.01. The van der Waals surface area contributed by atoms with Crippen molar-refractivity contribution in [1.29, 1.82) is 0 Å². The number of rotatable bonds is 5.